The molecule has 0 bridgehead atoms. The van der Waals surface area contributed by atoms with E-state index in [2.05, 4.69) is 15.0 Å². The maximum atomic E-state index is 15.2. The van der Waals surface area contributed by atoms with E-state index < -0.39 is 0 Å². The molecule has 0 radical (unpaired) electrons. The predicted octanol–water partition coefficient (Wildman–Crippen LogP) is 3.74. The Bertz CT molecular complexity index is 1190. The summed E-state index contributed by atoms with van der Waals surface area (Å²) < 4.78 is 16.9. The number of hydrogen-bond acceptors (Lipinski definition) is 4. The Balaban J connectivity index is 1.99. The molecule has 0 aliphatic heterocycles. The Morgan fingerprint density at radius 3 is 2.88 bits per heavy atom. The van der Waals surface area contributed by atoms with E-state index in [0.29, 0.717) is 45.2 Å². The first kappa shape index (κ1) is 16.3. The molecule has 1 aromatic carbocycles. The SMILES string of the molecule is CCC(=O)c1cnc(N)c2[nH]c(-c3ccc4nc(C)n(C)c4c3F)cc12. The molecule has 4 aromatic rings. The molecule has 26 heavy (non-hydrogen) atoms. The van der Waals surface area contributed by atoms with Crippen molar-refractivity contribution < 1.29 is 9.18 Å². The number of nitrogens with two attached hydrogens (primary N) is 1. The molecule has 0 saturated heterocycles. The van der Waals surface area contributed by atoms with E-state index in [1.54, 1.807) is 36.7 Å². The molecular formula is C19H18FN5O. The number of nitrogen functional groups attached to an aromatic ring is 1. The molecule has 3 N–H and O–H groups in total. The standard InChI is InChI=1S/C19H18FN5O/c1-4-15(26)12-8-22-19(21)17-11(12)7-14(24-17)10-5-6-13-18(16(10)20)25(3)9(2)23-13/h5-8,24H,4H2,1-3H3,(H2,21,22). The first-order valence-corrected chi connectivity index (χ1v) is 8.34. The zero-order chi connectivity index (χ0) is 18.6. The van der Waals surface area contributed by atoms with Crippen LogP contribution in [0, 0.1) is 12.7 Å². The lowest BCUT2D eigenvalue weighted by Crippen LogP contribution is -2.00. The number of rotatable bonds is 3. The molecule has 7 heteroatoms. The number of nitrogens with zero attached hydrogens (tertiary/aromatic N) is 3. The van der Waals surface area contributed by atoms with Crippen LogP contribution in [0.1, 0.15) is 29.5 Å². The summed E-state index contributed by atoms with van der Waals surface area (Å²) in [4.78, 5) is 23.8. The highest BCUT2D eigenvalue weighted by Crippen LogP contribution is 2.33. The van der Waals surface area contributed by atoms with Crippen molar-refractivity contribution in [2.24, 2.45) is 7.05 Å². The lowest BCUT2D eigenvalue weighted by Gasteiger charge is -2.04. The van der Waals surface area contributed by atoms with Crippen LogP contribution in [0.25, 0.3) is 33.2 Å². The normalized spacial score (nSPS) is 11.5. The Hall–Kier alpha value is -3.22. The Morgan fingerprint density at radius 1 is 1.38 bits per heavy atom. The molecule has 3 aromatic heterocycles. The number of aromatic nitrogens is 4. The van der Waals surface area contributed by atoms with E-state index in [1.165, 1.54) is 6.20 Å². The van der Waals surface area contributed by atoms with E-state index in [-0.39, 0.29) is 17.4 Å². The van der Waals surface area contributed by atoms with Crippen LogP contribution in [0.2, 0.25) is 0 Å². The number of fused-ring (bicyclic) bond motifs is 2. The van der Waals surface area contributed by atoms with Crippen LogP contribution in [-0.2, 0) is 7.05 Å². The zero-order valence-electron chi connectivity index (χ0n) is 14.7. The van der Waals surface area contributed by atoms with Gasteiger partial charge in [0.15, 0.2) is 11.6 Å². The highest BCUT2D eigenvalue weighted by Gasteiger charge is 2.19. The number of nitrogens with one attached hydrogen (secondary N) is 1. The van der Waals surface area contributed by atoms with Gasteiger partial charge in [-0.05, 0) is 25.1 Å². The second-order valence-corrected chi connectivity index (χ2v) is 6.32. The highest BCUT2D eigenvalue weighted by molar-refractivity contribution is 6.10. The largest absolute Gasteiger partial charge is 0.382 e. The minimum Gasteiger partial charge on any atom is -0.382 e. The number of aromatic amines is 1. The van der Waals surface area contributed by atoms with Gasteiger partial charge in [0.2, 0.25) is 0 Å². The summed E-state index contributed by atoms with van der Waals surface area (Å²) in [5, 5.41) is 0.653. The monoisotopic (exact) mass is 351 g/mol. The summed E-state index contributed by atoms with van der Waals surface area (Å²) in [5.41, 5.74) is 8.96. The number of imidazole rings is 1. The van der Waals surface area contributed by atoms with Gasteiger partial charge in [-0.2, -0.15) is 0 Å². The molecule has 0 atom stereocenters. The summed E-state index contributed by atoms with van der Waals surface area (Å²) >= 11 is 0. The van der Waals surface area contributed by atoms with Crippen molar-refractivity contribution in [2.45, 2.75) is 20.3 Å². The second-order valence-electron chi connectivity index (χ2n) is 6.32. The molecule has 0 aliphatic carbocycles. The third-order valence-corrected chi connectivity index (χ3v) is 4.81. The summed E-state index contributed by atoms with van der Waals surface area (Å²) in [6.45, 7) is 3.62. The predicted molar refractivity (Wildman–Crippen MR) is 99.5 cm³/mol. The van der Waals surface area contributed by atoms with Crippen molar-refractivity contribution >= 4 is 33.5 Å². The maximum absolute atomic E-state index is 15.2. The first-order chi connectivity index (χ1) is 12.4. The fourth-order valence-corrected chi connectivity index (χ4v) is 3.28. The van der Waals surface area contributed by atoms with Gasteiger partial charge >= 0.3 is 0 Å². The number of carbonyl (C=O) groups excluding carboxylic acids is 1. The second kappa shape index (κ2) is 5.66. The number of anilines is 1. The number of benzene rings is 1. The number of hydrogen-bond donors (Lipinski definition) is 2. The molecule has 0 spiro atoms. The van der Waals surface area contributed by atoms with E-state index in [4.69, 9.17) is 5.73 Å². The van der Waals surface area contributed by atoms with Crippen LogP contribution in [0.15, 0.2) is 24.4 Å². The van der Waals surface area contributed by atoms with Gasteiger partial charge in [-0.1, -0.05) is 6.92 Å². The Labute approximate surface area is 148 Å². The molecule has 0 amide bonds. The van der Waals surface area contributed by atoms with Crippen molar-refractivity contribution in [3.05, 3.63) is 41.6 Å². The number of ketones is 1. The third-order valence-electron chi connectivity index (χ3n) is 4.81. The lowest BCUT2D eigenvalue weighted by atomic mass is 10.1. The van der Waals surface area contributed by atoms with Gasteiger partial charge in [-0.3, -0.25) is 4.79 Å². The van der Waals surface area contributed by atoms with E-state index in [1.807, 2.05) is 6.92 Å². The number of carbonyl (C=O) groups is 1. The van der Waals surface area contributed by atoms with Crippen LogP contribution < -0.4 is 5.73 Å². The van der Waals surface area contributed by atoms with Gasteiger partial charge in [-0.25, -0.2) is 14.4 Å². The van der Waals surface area contributed by atoms with Gasteiger partial charge in [0.1, 0.15) is 17.2 Å². The Morgan fingerprint density at radius 2 is 2.15 bits per heavy atom. The molecule has 0 aliphatic rings. The fraction of sp³-hybridized carbons (Fsp3) is 0.211. The molecule has 0 fully saturated rings. The topological polar surface area (TPSA) is 89.6 Å². The van der Waals surface area contributed by atoms with Gasteiger partial charge in [-0.15, -0.1) is 0 Å². The van der Waals surface area contributed by atoms with E-state index in [9.17, 15) is 4.79 Å². The highest BCUT2D eigenvalue weighted by atomic mass is 19.1. The molecule has 3 heterocycles. The summed E-state index contributed by atoms with van der Waals surface area (Å²) in [7, 11) is 1.78. The van der Waals surface area contributed by atoms with Crippen LogP contribution in [0.3, 0.4) is 0 Å². The minimum atomic E-state index is -0.368. The van der Waals surface area contributed by atoms with Crippen molar-refractivity contribution in [3.8, 4) is 11.3 Å². The molecule has 0 saturated carbocycles. The summed E-state index contributed by atoms with van der Waals surface area (Å²) in [6.07, 6.45) is 1.83. The quantitative estimate of drug-likeness (QED) is 0.550. The lowest BCUT2D eigenvalue weighted by molar-refractivity contribution is 0.0989. The van der Waals surface area contributed by atoms with Gasteiger partial charge in [0.05, 0.1) is 11.0 Å². The van der Waals surface area contributed by atoms with Gasteiger partial charge < -0.3 is 15.3 Å². The molecule has 6 nitrogen and oxygen atoms in total. The molecule has 0 unspecified atom stereocenters. The number of halogens is 1. The van der Waals surface area contributed by atoms with Crippen molar-refractivity contribution in [1.29, 1.82) is 0 Å². The number of Topliss-reactive ketones (excluding diaryl/α,β-unsaturated/α-hetero) is 1. The van der Waals surface area contributed by atoms with Gasteiger partial charge in [0.25, 0.3) is 0 Å². The minimum absolute atomic E-state index is 0.0359. The average Bonchev–Trinajstić information content (AvgIpc) is 3.18. The van der Waals surface area contributed by atoms with Gasteiger partial charge in [0, 0.05) is 41.9 Å². The van der Waals surface area contributed by atoms with Crippen LogP contribution >= 0.6 is 0 Å². The average molecular weight is 351 g/mol. The van der Waals surface area contributed by atoms with Crippen molar-refractivity contribution in [1.82, 2.24) is 19.5 Å². The van der Waals surface area contributed by atoms with Crippen LogP contribution in [-0.4, -0.2) is 25.3 Å². The van der Waals surface area contributed by atoms with Crippen molar-refractivity contribution in [2.75, 3.05) is 5.73 Å². The summed E-state index contributed by atoms with van der Waals surface area (Å²) in [6, 6.07) is 5.22. The van der Waals surface area contributed by atoms with Crippen LogP contribution in [0.5, 0.6) is 0 Å². The number of H-pyrrole nitrogens is 1. The number of aryl methyl sites for hydroxylation is 2. The van der Waals surface area contributed by atoms with Crippen molar-refractivity contribution in [3.63, 3.8) is 0 Å². The van der Waals surface area contributed by atoms with Crippen LogP contribution in [0.4, 0.5) is 10.2 Å². The smallest absolute Gasteiger partial charge is 0.164 e. The third kappa shape index (κ3) is 2.20. The first-order valence-electron chi connectivity index (χ1n) is 8.34. The zero-order valence-corrected chi connectivity index (χ0v) is 14.7. The molecule has 132 valence electrons. The number of pyridine rings is 1. The van der Waals surface area contributed by atoms with E-state index in [0.717, 1.165) is 5.82 Å². The fourth-order valence-electron chi connectivity index (χ4n) is 3.28. The Kier molecular flexibility index (Phi) is 3.54. The molecule has 4 rings (SSSR count). The summed E-state index contributed by atoms with van der Waals surface area (Å²) in [5.74, 6) is 0.604. The molecular weight excluding hydrogens is 333 g/mol. The maximum Gasteiger partial charge on any atom is 0.164 e. The van der Waals surface area contributed by atoms with E-state index >= 15 is 4.39 Å².